The van der Waals surface area contributed by atoms with Gasteiger partial charge in [0.2, 0.25) is 15.9 Å². The lowest BCUT2D eigenvalue weighted by atomic mass is 9.99. The Labute approximate surface area is 143 Å². The smallest absolute Gasteiger partial charge is 0.242 e. The Morgan fingerprint density at radius 3 is 2.52 bits per heavy atom. The van der Waals surface area contributed by atoms with E-state index in [0.717, 1.165) is 12.8 Å². The maximum Gasteiger partial charge on any atom is 0.242 e. The summed E-state index contributed by atoms with van der Waals surface area (Å²) >= 11 is 5.17. The lowest BCUT2D eigenvalue weighted by Crippen LogP contribution is -2.53. The molecule has 0 aromatic rings. The Bertz CT molecular complexity index is 532. The predicted octanol–water partition coefficient (Wildman–Crippen LogP) is 0.486. The molecular weight excluding hydrogens is 336 g/mol. The fourth-order valence-corrected chi connectivity index (χ4v) is 4.50. The quantitative estimate of drug-likeness (QED) is 0.498. The van der Waals surface area contributed by atoms with Crippen molar-refractivity contribution < 1.29 is 13.2 Å². The first-order chi connectivity index (χ1) is 10.9. The fourth-order valence-electron chi connectivity index (χ4n) is 3.10. The molecule has 2 aliphatic rings. The standard InChI is InChI=1S/C14H26N4O3S2/c1-2-23(20,21)18-9-5-6-11(10-18)13(19)16-17-14(22)15-12-7-3-4-8-12/h11-12H,2-10H2,1H3,(H,16,19)(H2,15,17,22). The first-order valence-corrected chi connectivity index (χ1v) is 10.3. The van der Waals surface area contributed by atoms with Crippen molar-refractivity contribution in [1.29, 1.82) is 0 Å². The van der Waals surface area contributed by atoms with E-state index >= 15 is 0 Å². The molecule has 1 saturated heterocycles. The highest BCUT2D eigenvalue weighted by molar-refractivity contribution is 7.89. The number of hydrazine groups is 1. The number of amides is 1. The molecule has 132 valence electrons. The van der Waals surface area contributed by atoms with Crippen molar-refractivity contribution in [3.63, 3.8) is 0 Å². The Balaban J connectivity index is 1.77. The van der Waals surface area contributed by atoms with Crippen LogP contribution in [-0.4, -0.2) is 48.6 Å². The van der Waals surface area contributed by atoms with Gasteiger partial charge in [-0.25, -0.2) is 12.7 Å². The zero-order valence-electron chi connectivity index (χ0n) is 13.5. The van der Waals surface area contributed by atoms with Gasteiger partial charge in [0, 0.05) is 19.1 Å². The van der Waals surface area contributed by atoms with Gasteiger partial charge in [-0.15, -0.1) is 0 Å². The largest absolute Gasteiger partial charge is 0.359 e. The first-order valence-electron chi connectivity index (χ1n) is 8.26. The van der Waals surface area contributed by atoms with Gasteiger partial charge in [0.25, 0.3) is 0 Å². The van der Waals surface area contributed by atoms with Crippen LogP contribution in [0, 0.1) is 5.92 Å². The minimum atomic E-state index is -3.24. The summed E-state index contributed by atoms with van der Waals surface area (Å²) in [7, 11) is -3.24. The van der Waals surface area contributed by atoms with Crippen LogP contribution < -0.4 is 16.2 Å². The van der Waals surface area contributed by atoms with Crippen LogP contribution >= 0.6 is 12.2 Å². The molecule has 2 rings (SSSR count). The second kappa shape index (κ2) is 8.25. The molecule has 1 atom stereocenters. The van der Waals surface area contributed by atoms with E-state index in [2.05, 4.69) is 16.2 Å². The van der Waals surface area contributed by atoms with Crippen LogP contribution in [0.5, 0.6) is 0 Å². The van der Waals surface area contributed by atoms with Gasteiger partial charge in [-0.2, -0.15) is 0 Å². The molecule has 3 N–H and O–H groups in total. The number of nitrogens with zero attached hydrogens (tertiary/aromatic N) is 1. The normalized spacial score (nSPS) is 23.4. The number of hydrogen-bond donors (Lipinski definition) is 3. The SMILES string of the molecule is CCS(=O)(=O)N1CCCC(C(=O)NNC(=S)NC2CCCC2)C1. The Morgan fingerprint density at radius 2 is 1.87 bits per heavy atom. The molecule has 1 heterocycles. The Kier molecular flexibility index (Phi) is 6.60. The van der Waals surface area contributed by atoms with Crippen molar-refractivity contribution in [3.05, 3.63) is 0 Å². The number of sulfonamides is 1. The Morgan fingerprint density at radius 1 is 1.17 bits per heavy atom. The highest BCUT2D eigenvalue weighted by Crippen LogP contribution is 2.19. The minimum absolute atomic E-state index is 0.0645. The molecule has 7 nitrogen and oxygen atoms in total. The minimum Gasteiger partial charge on any atom is -0.359 e. The molecule has 0 aromatic heterocycles. The lowest BCUT2D eigenvalue weighted by Gasteiger charge is -2.31. The van der Waals surface area contributed by atoms with E-state index < -0.39 is 10.0 Å². The monoisotopic (exact) mass is 362 g/mol. The summed E-state index contributed by atoms with van der Waals surface area (Å²) in [6.07, 6.45) is 5.99. The van der Waals surface area contributed by atoms with Crippen molar-refractivity contribution in [2.45, 2.75) is 51.5 Å². The van der Waals surface area contributed by atoms with Crippen molar-refractivity contribution in [2.24, 2.45) is 5.92 Å². The van der Waals surface area contributed by atoms with Gasteiger partial charge in [-0.1, -0.05) is 12.8 Å². The summed E-state index contributed by atoms with van der Waals surface area (Å²) in [5.41, 5.74) is 5.33. The molecule has 2 fully saturated rings. The van der Waals surface area contributed by atoms with Crippen molar-refractivity contribution in [1.82, 2.24) is 20.5 Å². The van der Waals surface area contributed by atoms with E-state index in [1.807, 2.05) is 0 Å². The van der Waals surface area contributed by atoms with Gasteiger partial charge in [-0.3, -0.25) is 15.6 Å². The van der Waals surface area contributed by atoms with E-state index in [1.165, 1.54) is 17.1 Å². The van der Waals surface area contributed by atoms with Crippen LogP contribution in [0.4, 0.5) is 0 Å². The average molecular weight is 363 g/mol. The van der Waals surface area contributed by atoms with Crippen LogP contribution in [0.1, 0.15) is 45.4 Å². The molecule has 0 radical (unpaired) electrons. The third kappa shape index (κ3) is 5.29. The number of thiocarbonyl (C=S) groups is 1. The number of nitrogens with one attached hydrogen (secondary N) is 3. The summed E-state index contributed by atoms with van der Waals surface area (Å²) < 4.78 is 25.3. The molecule has 0 spiro atoms. The summed E-state index contributed by atoms with van der Waals surface area (Å²) in [6.45, 7) is 2.36. The first kappa shape index (κ1) is 18.4. The number of hydrogen-bond acceptors (Lipinski definition) is 4. The molecule has 1 aliphatic carbocycles. The highest BCUT2D eigenvalue weighted by atomic mass is 32.2. The molecule has 9 heteroatoms. The van der Waals surface area contributed by atoms with E-state index in [-0.39, 0.29) is 24.1 Å². The fraction of sp³-hybridized carbons (Fsp3) is 0.857. The van der Waals surface area contributed by atoms with Crippen molar-refractivity contribution >= 4 is 33.3 Å². The summed E-state index contributed by atoms with van der Waals surface area (Å²) in [5, 5.41) is 3.59. The van der Waals surface area contributed by atoms with Gasteiger partial charge in [0.05, 0.1) is 11.7 Å². The molecular formula is C14H26N4O3S2. The van der Waals surface area contributed by atoms with Crippen LogP contribution in [0.25, 0.3) is 0 Å². The van der Waals surface area contributed by atoms with Gasteiger partial charge >= 0.3 is 0 Å². The number of piperidine rings is 1. The molecule has 0 bridgehead atoms. The zero-order chi connectivity index (χ0) is 16.9. The van der Waals surface area contributed by atoms with E-state index in [4.69, 9.17) is 12.2 Å². The second-order valence-electron chi connectivity index (χ2n) is 6.17. The zero-order valence-corrected chi connectivity index (χ0v) is 15.1. The molecule has 0 aromatic carbocycles. The third-order valence-corrected chi connectivity index (χ3v) is 6.57. The second-order valence-corrected chi connectivity index (χ2v) is 8.83. The van der Waals surface area contributed by atoms with Gasteiger partial charge in [0.1, 0.15) is 0 Å². The molecule has 1 aliphatic heterocycles. The van der Waals surface area contributed by atoms with Crippen molar-refractivity contribution in [3.8, 4) is 0 Å². The van der Waals surface area contributed by atoms with Crippen LogP contribution in [0.2, 0.25) is 0 Å². The van der Waals surface area contributed by atoms with Gasteiger partial charge in [-0.05, 0) is 44.8 Å². The van der Waals surface area contributed by atoms with E-state index in [9.17, 15) is 13.2 Å². The molecule has 1 saturated carbocycles. The maximum absolute atomic E-state index is 12.2. The van der Waals surface area contributed by atoms with Gasteiger partial charge < -0.3 is 5.32 Å². The van der Waals surface area contributed by atoms with Crippen LogP contribution in [0.15, 0.2) is 0 Å². The maximum atomic E-state index is 12.2. The van der Waals surface area contributed by atoms with Crippen LogP contribution in [0.3, 0.4) is 0 Å². The van der Waals surface area contributed by atoms with Crippen LogP contribution in [-0.2, 0) is 14.8 Å². The number of carbonyl (C=O) groups excluding carboxylic acids is 1. The van der Waals surface area contributed by atoms with E-state index in [1.54, 1.807) is 6.92 Å². The van der Waals surface area contributed by atoms with Gasteiger partial charge in [0.15, 0.2) is 5.11 Å². The lowest BCUT2D eigenvalue weighted by molar-refractivity contribution is -0.126. The summed E-state index contributed by atoms with van der Waals surface area (Å²) in [5.74, 6) is -0.488. The molecule has 23 heavy (non-hydrogen) atoms. The van der Waals surface area contributed by atoms with Crippen molar-refractivity contribution in [2.75, 3.05) is 18.8 Å². The third-order valence-electron chi connectivity index (χ3n) is 4.50. The predicted molar refractivity (Wildman–Crippen MR) is 93.0 cm³/mol. The summed E-state index contributed by atoms with van der Waals surface area (Å²) in [4.78, 5) is 12.2. The number of rotatable bonds is 4. The number of carbonyl (C=O) groups is 1. The Hall–Kier alpha value is -0.930. The molecule has 1 amide bonds. The molecule has 1 unspecified atom stereocenters. The highest BCUT2D eigenvalue weighted by Gasteiger charge is 2.31. The van der Waals surface area contributed by atoms with E-state index in [0.29, 0.717) is 30.5 Å². The topological polar surface area (TPSA) is 90.5 Å². The average Bonchev–Trinajstić information content (AvgIpc) is 3.05. The summed E-state index contributed by atoms with van der Waals surface area (Å²) in [6, 6.07) is 0.381.